The van der Waals surface area contributed by atoms with Crippen LogP contribution in [0.3, 0.4) is 0 Å². The molecule has 0 atom stereocenters. The summed E-state index contributed by atoms with van der Waals surface area (Å²) >= 11 is 0. The largest absolute Gasteiger partial charge is 0.501 e. The number of hydrogen-bond donors (Lipinski definition) is 1. The molecule has 0 spiro atoms. The average Bonchev–Trinajstić information content (AvgIpc) is 2.52. The summed E-state index contributed by atoms with van der Waals surface area (Å²) in [5, 5.41) is 2.00. The van der Waals surface area contributed by atoms with Gasteiger partial charge in [0.25, 0.3) is 15.7 Å². The number of rotatable bonds is 4. The van der Waals surface area contributed by atoms with E-state index >= 15 is 0 Å². The van der Waals surface area contributed by atoms with Crippen molar-refractivity contribution in [3.63, 3.8) is 0 Å². The Morgan fingerprint density at radius 3 is 2.04 bits per heavy atom. The van der Waals surface area contributed by atoms with Gasteiger partial charge in [0.2, 0.25) is 0 Å². The van der Waals surface area contributed by atoms with Crippen LogP contribution in [0.5, 0.6) is 0 Å². The smallest absolute Gasteiger partial charge is 0.373 e. The molecule has 0 heterocycles. The molecule has 1 amide bonds. The van der Waals surface area contributed by atoms with Gasteiger partial charge in [-0.3, -0.25) is 4.79 Å². The summed E-state index contributed by atoms with van der Waals surface area (Å²) < 4.78 is 89.6. The number of benzene rings is 2. The van der Waals surface area contributed by atoms with Crippen LogP contribution in [0.25, 0.3) is 0 Å². The summed E-state index contributed by atoms with van der Waals surface area (Å²) in [6.07, 6.45) is 0. The molecule has 5 nitrogen and oxygen atoms in total. The Balaban J connectivity index is 2.45. The number of alkyl halides is 3. The molecule has 0 radical (unpaired) electrons. The summed E-state index contributed by atoms with van der Waals surface area (Å²) in [5.74, 6) is -3.31. The van der Waals surface area contributed by atoms with Crippen LogP contribution < -0.4 is 10.2 Å². The van der Waals surface area contributed by atoms with Crippen LogP contribution in [0.4, 0.5) is 33.3 Å². The molecule has 146 valence electrons. The molecule has 1 N–H and O–H groups in total. The second-order valence-electron chi connectivity index (χ2n) is 5.58. The standard InChI is InChI=1S/C16H13F5N2O3S/c1-23(2)14-11(17)7-9(8-12(14)18)22-15(24)10-5-3-4-6-13(10)27(25,26)16(19,20)21/h3-8H,1-2H3,(H,22,24). The second-order valence-corrected chi connectivity index (χ2v) is 7.49. The molecule has 2 aromatic carbocycles. The molecule has 0 aliphatic rings. The van der Waals surface area contributed by atoms with Gasteiger partial charge in [-0.05, 0) is 24.3 Å². The molecule has 2 rings (SSSR count). The van der Waals surface area contributed by atoms with Gasteiger partial charge in [0.05, 0.1) is 10.5 Å². The van der Waals surface area contributed by atoms with Crippen LogP contribution in [0.15, 0.2) is 41.3 Å². The van der Waals surface area contributed by atoms with Gasteiger partial charge in [-0.25, -0.2) is 17.2 Å². The van der Waals surface area contributed by atoms with Crippen molar-refractivity contribution in [3.8, 4) is 0 Å². The molecule has 0 fully saturated rings. The molecule has 2 aromatic rings. The monoisotopic (exact) mass is 408 g/mol. The van der Waals surface area contributed by atoms with E-state index in [4.69, 9.17) is 0 Å². The number of halogens is 5. The molecular weight excluding hydrogens is 395 g/mol. The van der Waals surface area contributed by atoms with Crippen LogP contribution in [0.1, 0.15) is 10.4 Å². The first-order valence-corrected chi connectivity index (χ1v) is 8.72. The molecule has 0 aliphatic heterocycles. The first kappa shape index (κ1) is 20.6. The van der Waals surface area contributed by atoms with Crippen molar-refractivity contribution >= 4 is 27.1 Å². The third-order valence-electron chi connectivity index (χ3n) is 3.45. The number of anilines is 2. The molecule has 0 unspecified atom stereocenters. The molecule has 0 saturated carbocycles. The lowest BCUT2D eigenvalue weighted by molar-refractivity contribution is -0.0436. The van der Waals surface area contributed by atoms with E-state index in [1.807, 2.05) is 5.32 Å². The van der Waals surface area contributed by atoms with Gasteiger partial charge in [-0.1, -0.05) is 12.1 Å². The lowest BCUT2D eigenvalue weighted by Gasteiger charge is -2.16. The number of carbonyl (C=O) groups is 1. The summed E-state index contributed by atoms with van der Waals surface area (Å²) in [6.45, 7) is 0. The summed E-state index contributed by atoms with van der Waals surface area (Å²) in [6, 6.07) is 5.17. The minimum Gasteiger partial charge on any atom is -0.373 e. The Hall–Kier alpha value is -2.69. The maximum atomic E-state index is 14.0. The van der Waals surface area contributed by atoms with E-state index in [2.05, 4.69) is 0 Å². The van der Waals surface area contributed by atoms with E-state index < -0.39 is 43.3 Å². The maximum Gasteiger partial charge on any atom is 0.501 e. The Morgan fingerprint density at radius 1 is 1.04 bits per heavy atom. The third kappa shape index (κ3) is 4.02. The highest BCUT2D eigenvalue weighted by molar-refractivity contribution is 7.92. The van der Waals surface area contributed by atoms with E-state index in [-0.39, 0.29) is 11.4 Å². The third-order valence-corrected chi connectivity index (χ3v) is 4.99. The zero-order chi connectivity index (χ0) is 20.6. The Labute approximate surface area is 151 Å². The predicted molar refractivity (Wildman–Crippen MR) is 88.3 cm³/mol. The van der Waals surface area contributed by atoms with Crippen LogP contribution in [0, 0.1) is 11.6 Å². The number of amides is 1. The Bertz CT molecular complexity index is 965. The molecule has 0 saturated heterocycles. The number of hydrogen-bond acceptors (Lipinski definition) is 4. The first-order chi connectivity index (χ1) is 12.4. The quantitative estimate of drug-likeness (QED) is 0.786. The SMILES string of the molecule is CN(C)c1c(F)cc(NC(=O)c2ccccc2S(=O)(=O)C(F)(F)F)cc1F. The molecule has 0 bridgehead atoms. The van der Waals surface area contributed by atoms with Gasteiger partial charge >= 0.3 is 5.51 Å². The molecule has 0 aromatic heterocycles. The summed E-state index contributed by atoms with van der Waals surface area (Å²) in [4.78, 5) is 12.1. The van der Waals surface area contributed by atoms with Crippen LogP contribution in [-0.4, -0.2) is 33.9 Å². The Morgan fingerprint density at radius 2 is 1.56 bits per heavy atom. The van der Waals surface area contributed by atoms with Gasteiger partial charge in [0.1, 0.15) is 5.69 Å². The van der Waals surface area contributed by atoms with Gasteiger partial charge in [0, 0.05) is 19.8 Å². The van der Waals surface area contributed by atoms with E-state index in [1.54, 1.807) is 0 Å². The van der Waals surface area contributed by atoms with Crippen LogP contribution in [0.2, 0.25) is 0 Å². The van der Waals surface area contributed by atoms with E-state index in [1.165, 1.54) is 14.1 Å². The number of nitrogens with one attached hydrogen (secondary N) is 1. The average molecular weight is 408 g/mol. The number of carbonyl (C=O) groups excluding carboxylic acids is 1. The lowest BCUT2D eigenvalue weighted by Crippen LogP contribution is -2.26. The van der Waals surface area contributed by atoms with Gasteiger partial charge in [-0.2, -0.15) is 13.2 Å². The fourth-order valence-corrected chi connectivity index (χ4v) is 3.23. The van der Waals surface area contributed by atoms with Gasteiger partial charge in [-0.15, -0.1) is 0 Å². The molecular formula is C16H13F5N2O3S. The highest BCUT2D eigenvalue weighted by Crippen LogP contribution is 2.32. The Kier molecular flexibility index (Phi) is 5.45. The normalized spacial score (nSPS) is 12.0. The molecule has 27 heavy (non-hydrogen) atoms. The minimum atomic E-state index is -5.79. The second kappa shape index (κ2) is 7.14. The van der Waals surface area contributed by atoms with Crippen molar-refractivity contribution in [3.05, 3.63) is 53.6 Å². The van der Waals surface area contributed by atoms with Gasteiger partial charge < -0.3 is 10.2 Å². The molecule has 11 heteroatoms. The zero-order valence-corrected chi connectivity index (χ0v) is 14.8. The highest BCUT2D eigenvalue weighted by atomic mass is 32.2. The topological polar surface area (TPSA) is 66.5 Å². The van der Waals surface area contributed by atoms with E-state index in [9.17, 15) is 35.2 Å². The van der Waals surface area contributed by atoms with Crippen molar-refractivity contribution in [1.82, 2.24) is 0 Å². The van der Waals surface area contributed by atoms with Crippen molar-refractivity contribution < 1.29 is 35.2 Å². The van der Waals surface area contributed by atoms with E-state index in [0.717, 1.165) is 35.2 Å². The highest BCUT2D eigenvalue weighted by Gasteiger charge is 2.48. The van der Waals surface area contributed by atoms with Crippen LogP contribution >= 0.6 is 0 Å². The maximum absolute atomic E-state index is 14.0. The number of nitrogens with zero attached hydrogens (tertiary/aromatic N) is 1. The van der Waals surface area contributed by atoms with E-state index in [0.29, 0.717) is 6.07 Å². The fourth-order valence-electron chi connectivity index (χ4n) is 2.28. The zero-order valence-electron chi connectivity index (χ0n) is 13.9. The number of sulfone groups is 1. The van der Waals surface area contributed by atoms with Gasteiger partial charge in [0.15, 0.2) is 11.6 Å². The van der Waals surface area contributed by atoms with Crippen molar-refractivity contribution in [2.75, 3.05) is 24.3 Å². The lowest BCUT2D eigenvalue weighted by atomic mass is 10.2. The predicted octanol–water partition coefficient (Wildman–Crippen LogP) is 3.58. The fraction of sp³-hybridized carbons (Fsp3) is 0.188. The minimum absolute atomic E-state index is 0.381. The molecule has 0 aliphatic carbocycles. The van der Waals surface area contributed by atoms with Crippen molar-refractivity contribution in [2.45, 2.75) is 10.4 Å². The summed E-state index contributed by atoms with van der Waals surface area (Å²) in [7, 11) is -3.02. The summed E-state index contributed by atoms with van der Waals surface area (Å²) in [5.41, 5.74) is -7.20. The first-order valence-electron chi connectivity index (χ1n) is 7.24. The van der Waals surface area contributed by atoms with Crippen molar-refractivity contribution in [2.24, 2.45) is 0 Å². The van der Waals surface area contributed by atoms with Crippen molar-refractivity contribution in [1.29, 1.82) is 0 Å². The van der Waals surface area contributed by atoms with Crippen LogP contribution in [-0.2, 0) is 9.84 Å².